The first-order valence-electron chi connectivity index (χ1n) is 6.56. The lowest BCUT2D eigenvalue weighted by atomic mass is 10.1. The molecule has 0 radical (unpaired) electrons. The van der Waals surface area contributed by atoms with Gasteiger partial charge in [0.15, 0.2) is 5.69 Å². The second kappa shape index (κ2) is 5.69. The lowest BCUT2D eigenvalue weighted by Crippen LogP contribution is -2.27. The standard InChI is InChI=1S/C14H14N4O2S/c1-18-14(20)11-5-3-2-4-10(11)12(17-18)13(19)16-15-9-6-7-21-8-9/h2-5H,6-8H2,1H3,(H,16,19)/b15-9+. The molecule has 7 heteroatoms. The lowest BCUT2D eigenvalue weighted by Gasteiger charge is -2.06. The van der Waals surface area contributed by atoms with E-state index in [0.717, 1.165) is 23.6 Å². The summed E-state index contributed by atoms with van der Waals surface area (Å²) in [5, 5.41) is 9.21. The van der Waals surface area contributed by atoms with Gasteiger partial charge in [0.1, 0.15) is 0 Å². The molecule has 6 nitrogen and oxygen atoms in total. The van der Waals surface area contributed by atoms with Crippen LogP contribution in [0.2, 0.25) is 0 Å². The third kappa shape index (κ3) is 2.69. The van der Waals surface area contributed by atoms with E-state index in [0.29, 0.717) is 10.8 Å². The highest BCUT2D eigenvalue weighted by Gasteiger charge is 2.16. The van der Waals surface area contributed by atoms with Crippen LogP contribution in [-0.2, 0) is 7.05 Å². The molecule has 2 aromatic rings. The van der Waals surface area contributed by atoms with Crippen LogP contribution in [0, 0.1) is 0 Å². The number of hydrogen-bond donors (Lipinski definition) is 1. The van der Waals surface area contributed by atoms with Crippen molar-refractivity contribution < 1.29 is 4.79 Å². The molecule has 0 aliphatic carbocycles. The molecule has 1 aliphatic rings. The Balaban J connectivity index is 2.00. The molecule has 0 unspecified atom stereocenters. The Morgan fingerprint density at radius 2 is 2.14 bits per heavy atom. The van der Waals surface area contributed by atoms with Crippen molar-refractivity contribution in [2.75, 3.05) is 11.5 Å². The van der Waals surface area contributed by atoms with E-state index in [1.54, 1.807) is 36.0 Å². The minimum atomic E-state index is -0.397. The molecule has 1 N–H and O–H groups in total. The highest BCUT2D eigenvalue weighted by molar-refractivity contribution is 8.00. The van der Waals surface area contributed by atoms with Gasteiger partial charge in [-0.15, -0.1) is 0 Å². The fraction of sp³-hybridized carbons (Fsp3) is 0.286. The summed E-state index contributed by atoms with van der Waals surface area (Å²) in [6.45, 7) is 0. The van der Waals surface area contributed by atoms with Crippen LogP contribution < -0.4 is 11.0 Å². The summed E-state index contributed by atoms with van der Waals surface area (Å²) in [5.41, 5.74) is 3.50. The predicted octanol–water partition coefficient (Wildman–Crippen LogP) is 1.16. The van der Waals surface area contributed by atoms with Crippen LogP contribution in [0.15, 0.2) is 34.2 Å². The van der Waals surface area contributed by atoms with E-state index in [4.69, 9.17) is 0 Å². The number of hydrogen-bond acceptors (Lipinski definition) is 5. The summed E-state index contributed by atoms with van der Waals surface area (Å²) in [6.07, 6.45) is 0.895. The van der Waals surface area contributed by atoms with Crippen molar-refractivity contribution in [2.45, 2.75) is 6.42 Å². The largest absolute Gasteiger partial charge is 0.292 e. The van der Waals surface area contributed by atoms with Crippen molar-refractivity contribution in [1.82, 2.24) is 15.2 Å². The maximum absolute atomic E-state index is 12.3. The number of aryl methyl sites for hydroxylation is 1. The zero-order chi connectivity index (χ0) is 14.8. The Kier molecular flexibility index (Phi) is 3.74. The maximum Gasteiger partial charge on any atom is 0.292 e. The molecule has 21 heavy (non-hydrogen) atoms. The predicted molar refractivity (Wildman–Crippen MR) is 83.8 cm³/mol. The summed E-state index contributed by atoms with van der Waals surface area (Å²) < 4.78 is 1.18. The van der Waals surface area contributed by atoms with E-state index in [-0.39, 0.29) is 11.3 Å². The van der Waals surface area contributed by atoms with Gasteiger partial charge in [0.05, 0.1) is 5.39 Å². The van der Waals surface area contributed by atoms with Crippen LogP contribution in [0.4, 0.5) is 0 Å². The van der Waals surface area contributed by atoms with Crippen molar-refractivity contribution >= 4 is 34.2 Å². The van der Waals surface area contributed by atoms with Crippen molar-refractivity contribution in [2.24, 2.45) is 12.1 Å². The lowest BCUT2D eigenvalue weighted by molar-refractivity contribution is 0.0949. The number of fused-ring (bicyclic) bond motifs is 1. The number of nitrogens with zero attached hydrogens (tertiary/aromatic N) is 3. The number of thioether (sulfide) groups is 1. The van der Waals surface area contributed by atoms with Crippen LogP contribution in [0.3, 0.4) is 0 Å². The van der Waals surface area contributed by atoms with Crippen molar-refractivity contribution in [3.8, 4) is 0 Å². The average Bonchev–Trinajstić information content (AvgIpc) is 3.02. The normalized spacial score (nSPS) is 16.5. The van der Waals surface area contributed by atoms with E-state index in [9.17, 15) is 9.59 Å². The molecule has 0 saturated carbocycles. The van der Waals surface area contributed by atoms with Gasteiger partial charge in [0.2, 0.25) is 0 Å². The minimum Gasteiger partial charge on any atom is -0.267 e. The van der Waals surface area contributed by atoms with Crippen molar-refractivity contribution in [3.63, 3.8) is 0 Å². The monoisotopic (exact) mass is 302 g/mol. The molecular weight excluding hydrogens is 288 g/mol. The van der Waals surface area contributed by atoms with Gasteiger partial charge in [0.25, 0.3) is 11.5 Å². The molecule has 1 aromatic carbocycles. The molecule has 1 fully saturated rings. The first-order valence-corrected chi connectivity index (χ1v) is 7.72. The van der Waals surface area contributed by atoms with Gasteiger partial charge in [-0.2, -0.15) is 22.0 Å². The fourth-order valence-electron chi connectivity index (χ4n) is 2.19. The van der Waals surface area contributed by atoms with Gasteiger partial charge >= 0.3 is 0 Å². The van der Waals surface area contributed by atoms with E-state index in [1.807, 2.05) is 0 Å². The highest BCUT2D eigenvalue weighted by Crippen LogP contribution is 2.15. The third-order valence-electron chi connectivity index (χ3n) is 3.29. The molecule has 1 aliphatic heterocycles. The van der Waals surface area contributed by atoms with Crippen molar-refractivity contribution in [3.05, 3.63) is 40.3 Å². The second-order valence-corrected chi connectivity index (χ2v) is 5.85. The van der Waals surface area contributed by atoms with Gasteiger partial charge in [-0.1, -0.05) is 18.2 Å². The summed E-state index contributed by atoms with van der Waals surface area (Å²) >= 11 is 1.79. The van der Waals surface area contributed by atoms with Crippen LogP contribution in [0.1, 0.15) is 16.9 Å². The van der Waals surface area contributed by atoms with E-state index in [2.05, 4.69) is 15.6 Å². The van der Waals surface area contributed by atoms with Gasteiger partial charge in [0, 0.05) is 23.9 Å². The zero-order valence-electron chi connectivity index (χ0n) is 11.5. The Morgan fingerprint density at radius 1 is 1.38 bits per heavy atom. The SMILES string of the molecule is Cn1nc(C(=O)N/N=C2\CCSC2)c2ccccc2c1=O. The fourth-order valence-corrected chi connectivity index (χ4v) is 3.16. The number of nitrogens with one attached hydrogen (secondary N) is 1. The molecule has 2 heterocycles. The highest BCUT2D eigenvalue weighted by atomic mass is 32.2. The topological polar surface area (TPSA) is 76.3 Å². The number of carbonyl (C=O) groups excluding carboxylic acids is 1. The van der Waals surface area contributed by atoms with Gasteiger partial charge < -0.3 is 0 Å². The van der Waals surface area contributed by atoms with E-state index >= 15 is 0 Å². The molecule has 1 amide bonds. The quantitative estimate of drug-likeness (QED) is 0.845. The molecule has 108 valence electrons. The third-order valence-corrected chi connectivity index (χ3v) is 4.32. The average molecular weight is 302 g/mol. The smallest absolute Gasteiger partial charge is 0.267 e. The summed E-state index contributed by atoms with van der Waals surface area (Å²) in [5.74, 6) is 1.49. The summed E-state index contributed by atoms with van der Waals surface area (Å²) in [7, 11) is 1.53. The molecule has 0 atom stereocenters. The molecule has 3 rings (SSSR count). The molecule has 1 aromatic heterocycles. The number of hydrazone groups is 1. The van der Waals surface area contributed by atoms with Gasteiger partial charge in [-0.25, -0.2) is 10.1 Å². The van der Waals surface area contributed by atoms with Crippen LogP contribution in [0.25, 0.3) is 10.8 Å². The van der Waals surface area contributed by atoms with E-state index < -0.39 is 5.91 Å². The van der Waals surface area contributed by atoms with Crippen LogP contribution >= 0.6 is 11.8 Å². The van der Waals surface area contributed by atoms with Crippen molar-refractivity contribution in [1.29, 1.82) is 0 Å². The number of amides is 1. The Bertz CT molecular complexity index is 789. The molecular formula is C14H14N4O2S. The zero-order valence-corrected chi connectivity index (χ0v) is 12.3. The van der Waals surface area contributed by atoms with E-state index in [1.165, 1.54) is 11.7 Å². The Hall–Kier alpha value is -2.15. The number of benzene rings is 1. The molecule has 0 spiro atoms. The van der Waals surface area contributed by atoms with Gasteiger partial charge in [-0.3, -0.25) is 9.59 Å². The molecule has 0 bridgehead atoms. The second-order valence-electron chi connectivity index (χ2n) is 4.74. The number of aromatic nitrogens is 2. The first-order chi connectivity index (χ1) is 10.2. The first kappa shape index (κ1) is 13.8. The number of carbonyl (C=O) groups is 1. The summed E-state index contributed by atoms with van der Waals surface area (Å²) in [4.78, 5) is 24.3. The number of rotatable bonds is 2. The van der Waals surface area contributed by atoms with Gasteiger partial charge in [-0.05, 0) is 18.2 Å². The Morgan fingerprint density at radius 3 is 2.86 bits per heavy atom. The maximum atomic E-state index is 12.3. The van der Waals surface area contributed by atoms with Crippen LogP contribution in [-0.4, -0.2) is 32.9 Å². The molecule has 1 saturated heterocycles. The minimum absolute atomic E-state index is 0.211. The van der Waals surface area contributed by atoms with Crippen LogP contribution in [0.5, 0.6) is 0 Å². The summed E-state index contributed by atoms with van der Waals surface area (Å²) in [6, 6.07) is 6.95. The Labute approximate surface area is 125 Å².